The Hall–Kier alpha value is -2.20. The lowest BCUT2D eigenvalue weighted by Gasteiger charge is -2.15. The molecule has 4 heteroatoms. The van der Waals surface area contributed by atoms with Gasteiger partial charge in [0.25, 0.3) is 5.91 Å². The predicted molar refractivity (Wildman–Crippen MR) is 95.4 cm³/mol. The van der Waals surface area contributed by atoms with Crippen molar-refractivity contribution in [1.29, 1.82) is 0 Å². The molecule has 0 unspecified atom stereocenters. The molecule has 3 nitrogen and oxygen atoms in total. The molecule has 0 fully saturated rings. The zero-order valence-corrected chi connectivity index (χ0v) is 13.9. The Morgan fingerprint density at radius 3 is 2.41 bits per heavy atom. The third-order valence-corrected chi connectivity index (χ3v) is 3.80. The number of carbonyl (C=O) groups is 1. The Balaban J connectivity index is 2.11. The molecule has 2 rings (SSSR count). The van der Waals surface area contributed by atoms with Crippen molar-refractivity contribution in [2.75, 3.05) is 5.32 Å². The smallest absolute Gasteiger partial charge is 0.257 e. The number of hydrogen-bond donors (Lipinski definition) is 2. The molecule has 0 aliphatic rings. The van der Waals surface area contributed by atoms with Crippen LogP contribution in [0.15, 0.2) is 42.5 Å². The highest BCUT2D eigenvalue weighted by atomic mass is 32.1. The van der Waals surface area contributed by atoms with Crippen molar-refractivity contribution in [3.8, 4) is 0 Å². The minimum Gasteiger partial charge on any atom is -0.332 e. The summed E-state index contributed by atoms with van der Waals surface area (Å²) in [6.07, 6.45) is 0.901. The number of rotatable bonds is 3. The number of benzene rings is 2. The third-order valence-electron chi connectivity index (χ3n) is 3.60. The zero-order chi connectivity index (χ0) is 16.1. The summed E-state index contributed by atoms with van der Waals surface area (Å²) in [5, 5.41) is 6.21. The minimum absolute atomic E-state index is 0.192. The molecular formula is C18H20N2OS. The van der Waals surface area contributed by atoms with Gasteiger partial charge in [-0.25, -0.2) is 0 Å². The molecule has 0 aliphatic heterocycles. The third kappa shape index (κ3) is 3.71. The highest BCUT2D eigenvalue weighted by Crippen LogP contribution is 2.21. The van der Waals surface area contributed by atoms with Crippen molar-refractivity contribution in [2.24, 2.45) is 0 Å². The number of para-hydroxylation sites is 1. The quantitative estimate of drug-likeness (QED) is 0.842. The fourth-order valence-corrected chi connectivity index (χ4v) is 2.54. The Morgan fingerprint density at radius 1 is 1.05 bits per heavy atom. The lowest BCUT2D eigenvalue weighted by Crippen LogP contribution is -2.34. The van der Waals surface area contributed by atoms with Gasteiger partial charge >= 0.3 is 0 Å². The van der Waals surface area contributed by atoms with Crippen LogP contribution < -0.4 is 10.6 Å². The molecule has 0 atom stereocenters. The van der Waals surface area contributed by atoms with Crippen molar-refractivity contribution in [2.45, 2.75) is 27.2 Å². The van der Waals surface area contributed by atoms with Gasteiger partial charge in [0.2, 0.25) is 0 Å². The van der Waals surface area contributed by atoms with Crippen LogP contribution in [0.3, 0.4) is 0 Å². The molecule has 1 amide bonds. The average molecular weight is 312 g/mol. The van der Waals surface area contributed by atoms with Gasteiger partial charge in [-0.1, -0.05) is 43.3 Å². The summed E-state index contributed by atoms with van der Waals surface area (Å²) in [7, 11) is 0. The molecular weight excluding hydrogens is 292 g/mol. The lowest BCUT2D eigenvalue weighted by molar-refractivity contribution is 0.0977. The van der Waals surface area contributed by atoms with Crippen LogP contribution in [0, 0.1) is 13.8 Å². The molecule has 0 heterocycles. The van der Waals surface area contributed by atoms with Gasteiger partial charge in [0, 0.05) is 11.3 Å². The highest BCUT2D eigenvalue weighted by molar-refractivity contribution is 7.80. The maximum atomic E-state index is 12.3. The zero-order valence-electron chi connectivity index (χ0n) is 13.1. The van der Waals surface area contributed by atoms with Gasteiger partial charge in [0.1, 0.15) is 0 Å². The van der Waals surface area contributed by atoms with E-state index in [0.29, 0.717) is 10.7 Å². The largest absolute Gasteiger partial charge is 0.332 e. The molecule has 0 aliphatic carbocycles. The fourth-order valence-electron chi connectivity index (χ4n) is 2.34. The summed E-state index contributed by atoms with van der Waals surface area (Å²) >= 11 is 5.28. The molecule has 0 spiro atoms. The van der Waals surface area contributed by atoms with Crippen LogP contribution in [0.1, 0.15) is 34.0 Å². The van der Waals surface area contributed by atoms with Gasteiger partial charge in [-0.3, -0.25) is 10.1 Å². The molecule has 22 heavy (non-hydrogen) atoms. The fraction of sp³-hybridized carbons (Fsp3) is 0.222. The molecule has 114 valence electrons. The summed E-state index contributed by atoms with van der Waals surface area (Å²) < 4.78 is 0. The van der Waals surface area contributed by atoms with E-state index in [1.165, 1.54) is 5.56 Å². The first-order valence-electron chi connectivity index (χ1n) is 7.29. The maximum absolute atomic E-state index is 12.3. The molecule has 0 aromatic heterocycles. The van der Waals surface area contributed by atoms with Gasteiger partial charge < -0.3 is 5.32 Å². The molecule has 2 aromatic rings. The number of amides is 1. The van der Waals surface area contributed by atoms with E-state index in [-0.39, 0.29) is 5.91 Å². The van der Waals surface area contributed by atoms with E-state index in [2.05, 4.69) is 23.6 Å². The lowest BCUT2D eigenvalue weighted by atomic mass is 10.1. The van der Waals surface area contributed by atoms with Crippen molar-refractivity contribution >= 4 is 28.9 Å². The van der Waals surface area contributed by atoms with Crippen LogP contribution in [0.25, 0.3) is 0 Å². The number of carbonyl (C=O) groups excluding carboxylic acids is 1. The first kappa shape index (κ1) is 16.2. The second-order valence-corrected chi connectivity index (χ2v) is 5.59. The maximum Gasteiger partial charge on any atom is 0.257 e. The Morgan fingerprint density at radius 2 is 1.73 bits per heavy atom. The van der Waals surface area contributed by atoms with Gasteiger partial charge in [0.05, 0.1) is 0 Å². The summed E-state index contributed by atoms with van der Waals surface area (Å²) in [5.74, 6) is -0.192. The summed E-state index contributed by atoms with van der Waals surface area (Å²) in [4.78, 5) is 12.3. The number of nitrogens with one attached hydrogen (secondary N) is 2. The van der Waals surface area contributed by atoms with Crippen molar-refractivity contribution in [3.05, 3.63) is 64.7 Å². The first-order valence-corrected chi connectivity index (χ1v) is 7.70. The van der Waals surface area contributed by atoms with Crippen molar-refractivity contribution in [1.82, 2.24) is 5.32 Å². The van der Waals surface area contributed by atoms with Gasteiger partial charge in [-0.2, -0.15) is 0 Å². The summed E-state index contributed by atoms with van der Waals surface area (Å²) in [6.45, 7) is 6.02. The molecule has 2 aromatic carbocycles. The second kappa shape index (κ2) is 7.18. The molecule has 0 saturated carbocycles. The van der Waals surface area contributed by atoms with Gasteiger partial charge in [-0.05, 0) is 55.2 Å². The molecule has 0 radical (unpaired) electrons. The van der Waals surface area contributed by atoms with Crippen LogP contribution in [-0.2, 0) is 6.42 Å². The van der Waals surface area contributed by atoms with E-state index in [9.17, 15) is 4.79 Å². The monoisotopic (exact) mass is 312 g/mol. The molecule has 0 saturated heterocycles. The SMILES string of the molecule is CCc1cccc(C)c1NC(=S)NC(=O)c1ccccc1C. The number of anilines is 1. The minimum atomic E-state index is -0.192. The Bertz CT molecular complexity index is 710. The van der Waals surface area contributed by atoms with Gasteiger partial charge in [-0.15, -0.1) is 0 Å². The van der Waals surface area contributed by atoms with E-state index in [1.807, 2.05) is 44.2 Å². The second-order valence-electron chi connectivity index (χ2n) is 5.19. The Kier molecular flexibility index (Phi) is 5.28. The average Bonchev–Trinajstić information content (AvgIpc) is 2.49. The molecule has 0 bridgehead atoms. The number of hydrogen-bond acceptors (Lipinski definition) is 2. The highest BCUT2D eigenvalue weighted by Gasteiger charge is 2.11. The van der Waals surface area contributed by atoms with Crippen molar-refractivity contribution < 1.29 is 4.79 Å². The number of thiocarbonyl (C=S) groups is 1. The summed E-state index contributed by atoms with van der Waals surface area (Å²) in [6, 6.07) is 13.5. The van der Waals surface area contributed by atoms with Gasteiger partial charge in [0.15, 0.2) is 5.11 Å². The normalized spacial score (nSPS) is 10.1. The topological polar surface area (TPSA) is 41.1 Å². The van der Waals surface area contributed by atoms with E-state index in [4.69, 9.17) is 12.2 Å². The van der Waals surface area contributed by atoms with Crippen LogP contribution >= 0.6 is 12.2 Å². The summed E-state index contributed by atoms with van der Waals surface area (Å²) in [5.41, 5.74) is 4.81. The van der Waals surface area contributed by atoms with E-state index >= 15 is 0 Å². The van der Waals surface area contributed by atoms with E-state index < -0.39 is 0 Å². The molecule has 2 N–H and O–H groups in total. The number of aryl methyl sites for hydroxylation is 3. The van der Waals surface area contributed by atoms with Crippen LogP contribution in [0.5, 0.6) is 0 Å². The van der Waals surface area contributed by atoms with Crippen LogP contribution in [0.2, 0.25) is 0 Å². The van der Waals surface area contributed by atoms with Crippen LogP contribution in [0.4, 0.5) is 5.69 Å². The van der Waals surface area contributed by atoms with Crippen LogP contribution in [-0.4, -0.2) is 11.0 Å². The van der Waals surface area contributed by atoms with E-state index in [0.717, 1.165) is 23.2 Å². The van der Waals surface area contributed by atoms with Crippen molar-refractivity contribution in [3.63, 3.8) is 0 Å². The first-order chi connectivity index (χ1) is 10.5. The Labute approximate surface area is 136 Å². The standard InChI is InChI=1S/C18H20N2OS/c1-4-14-10-7-9-13(3)16(14)19-18(22)20-17(21)15-11-6-5-8-12(15)2/h5-11H,4H2,1-3H3,(H2,19,20,21,22). The predicted octanol–water partition coefficient (Wildman–Crippen LogP) is 3.99. The van der Waals surface area contributed by atoms with E-state index in [1.54, 1.807) is 6.07 Å².